The molecule has 2 N–H and O–H groups in total. The number of hydrogen-bond acceptors (Lipinski definition) is 4. The van der Waals surface area contributed by atoms with Gasteiger partial charge in [-0.1, -0.05) is 0 Å². The van der Waals surface area contributed by atoms with Crippen LogP contribution >= 0.6 is 0 Å². The van der Waals surface area contributed by atoms with Crippen molar-refractivity contribution in [2.24, 2.45) is 11.7 Å². The van der Waals surface area contributed by atoms with Gasteiger partial charge in [-0.05, 0) is 18.9 Å². The molecule has 2 atom stereocenters. The van der Waals surface area contributed by atoms with E-state index >= 15 is 0 Å². The standard InChI is InChI=1S/C10H15N3O/c1-7-4-12-10(13-5-7)9(11)8-2-3-14-6-8/h4-5,8-9H,2-3,6,11H2,1H3. The minimum Gasteiger partial charge on any atom is -0.381 e. The summed E-state index contributed by atoms with van der Waals surface area (Å²) < 4.78 is 5.29. The van der Waals surface area contributed by atoms with E-state index in [4.69, 9.17) is 10.5 Å². The minimum absolute atomic E-state index is 0.0851. The molecule has 1 aliphatic rings. The van der Waals surface area contributed by atoms with Crippen molar-refractivity contribution in [3.8, 4) is 0 Å². The zero-order valence-electron chi connectivity index (χ0n) is 8.31. The van der Waals surface area contributed by atoms with Crippen molar-refractivity contribution in [1.29, 1.82) is 0 Å². The van der Waals surface area contributed by atoms with Gasteiger partial charge < -0.3 is 10.5 Å². The van der Waals surface area contributed by atoms with Crippen LogP contribution in [0.3, 0.4) is 0 Å². The Morgan fingerprint density at radius 1 is 1.50 bits per heavy atom. The summed E-state index contributed by atoms with van der Waals surface area (Å²) in [6, 6.07) is -0.0851. The smallest absolute Gasteiger partial charge is 0.145 e. The highest BCUT2D eigenvalue weighted by molar-refractivity contribution is 5.05. The number of nitrogens with zero attached hydrogens (tertiary/aromatic N) is 2. The van der Waals surface area contributed by atoms with Crippen molar-refractivity contribution in [2.75, 3.05) is 13.2 Å². The Morgan fingerprint density at radius 3 is 2.79 bits per heavy atom. The molecular weight excluding hydrogens is 178 g/mol. The Kier molecular flexibility index (Phi) is 2.74. The van der Waals surface area contributed by atoms with E-state index in [2.05, 4.69) is 9.97 Å². The molecule has 2 rings (SSSR count). The van der Waals surface area contributed by atoms with Crippen molar-refractivity contribution < 1.29 is 4.74 Å². The molecular formula is C10H15N3O. The SMILES string of the molecule is Cc1cnc(C(N)C2CCOC2)nc1. The molecule has 76 valence electrons. The lowest BCUT2D eigenvalue weighted by atomic mass is 9.99. The summed E-state index contributed by atoms with van der Waals surface area (Å²) >= 11 is 0. The van der Waals surface area contributed by atoms with Crippen molar-refractivity contribution in [1.82, 2.24) is 9.97 Å². The lowest BCUT2D eigenvalue weighted by molar-refractivity contribution is 0.180. The van der Waals surface area contributed by atoms with Crippen LogP contribution in [0.1, 0.15) is 23.9 Å². The molecule has 0 aromatic carbocycles. The second-order valence-electron chi connectivity index (χ2n) is 3.77. The van der Waals surface area contributed by atoms with Gasteiger partial charge in [-0.2, -0.15) is 0 Å². The van der Waals surface area contributed by atoms with E-state index in [-0.39, 0.29) is 6.04 Å². The van der Waals surface area contributed by atoms with E-state index in [1.807, 2.05) is 6.92 Å². The second kappa shape index (κ2) is 4.02. The fraction of sp³-hybridized carbons (Fsp3) is 0.600. The molecule has 0 amide bonds. The molecule has 2 unspecified atom stereocenters. The fourth-order valence-electron chi connectivity index (χ4n) is 1.62. The predicted octanol–water partition coefficient (Wildman–Crippen LogP) is 0.821. The highest BCUT2D eigenvalue weighted by atomic mass is 16.5. The first kappa shape index (κ1) is 9.55. The number of nitrogens with two attached hydrogens (primary N) is 1. The molecule has 0 spiro atoms. The monoisotopic (exact) mass is 193 g/mol. The summed E-state index contributed by atoms with van der Waals surface area (Å²) in [5, 5.41) is 0. The topological polar surface area (TPSA) is 61.0 Å². The van der Waals surface area contributed by atoms with Crippen molar-refractivity contribution >= 4 is 0 Å². The van der Waals surface area contributed by atoms with E-state index in [0.717, 1.165) is 31.0 Å². The van der Waals surface area contributed by atoms with Gasteiger partial charge in [-0.15, -0.1) is 0 Å². The van der Waals surface area contributed by atoms with Crippen LogP contribution in [0, 0.1) is 12.8 Å². The molecule has 0 bridgehead atoms. The van der Waals surface area contributed by atoms with Crippen LogP contribution in [-0.4, -0.2) is 23.2 Å². The number of aryl methyl sites for hydroxylation is 1. The number of rotatable bonds is 2. The van der Waals surface area contributed by atoms with Crippen molar-refractivity contribution in [3.05, 3.63) is 23.8 Å². The van der Waals surface area contributed by atoms with Crippen LogP contribution in [0.4, 0.5) is 0 Å². The minimum atomic E-state index is -0.0851. The molecule has 4 nitrogen and oxygen atoms in total. The number of hydrogen-bond donors (Lipinski definition) is 1. The van der Waals surface area contributed by atoms with Crippen LogP contribution in [-0.2, 0) is 4.74 Å². The second-order valence-corrected chi connectivity index (χ2v) is 3.77. The van der Waals surface area contributed by atoms with E-state index in [9.17, 15) is 0 Å². The van der Waals surface area contributed by atoms with Crippen LogP contribution < -0.4 is 5.73 Å². The molecule has 0 saturated carbocycles. The molecule has 4 heteroatoms. The Bertz CT molecular complexity index is 293. The molecule has 1 saturated heterocycles. The first-order chi connectivity index (χ1) is 6.77. The average molecular weight is 193 g/mol. The van der Waals surface area contributed by atoms with Gasteiger partial charge in [0.15, 0.2) is 0 Å². The predicted molar refractivity (Wildman–Crippen MR) is 52.6 cm³/mol. The average Bonchev–Trinajstić information content (AvgIpc) is 2.71. The quantitative estimate of drug-likeness (QED) is 0.755. The Morgan fingerprint density at radius 2 is 2.21 bits per heavy atom. The maximum absolute atomic E-state index is 6.05. The third-order valence-electron chi connectivity index (χ3n) is 2.57. The molecule has 1 fully saturated rings. The van der Waals surface area contributed by atoms with Crippen LogP contribution in [0.25, 0.3) is 0 Å². The number of aromatic nitrogens is 2. The van der Waals surface area contributed by atoms with Gasteiger partial charge >= 0.3 is 0 Å². The summed E-state index contributed by atoms with van der Waals surface area (Å²) in [5.74, 6) is 1.10. The maximum Gasteiger partial charge on any atom is 0.145 e. The van der Waals surface area contributed by atoms with E-state index < -0.39 is 0 Å². The van der Waals surface area contributed by atoms with Gasteiger partial charge in [0.25, 0.3) is 0 Å². The van der Waals surface area contributed by atoms with Gasteiger partial charge in [0.1, 0.15) is 5.82 Å². The van der Waals surface area contributed by atoms with Crippen molar-refractivity contribution in [3.63, 3.8) is 0 Å². The first-order valence-electron chi connectivity index (χ1n) is 4.89. The molecule has 0 radical (unpaired) electrons. The van der Waals surface area contributed by atoms with E-state index in [1.165, 1.54) is 0 Å². The summed E-state index contributed by atoms with van der Waals surface area (Å²) in [4.78, 5) is 8.46. The molecule has 1 aromatic heterocycles. The van der Waals surface area contributed by atoms with Gasteiger partial charge in [0.2, 0.25) is 0 Å². The van der Waals surface area contributed by atoms with E-state index in [0.29, 0.717) is 5.92 Å². The summed E-state index contributed by atoms with van der Waals surface area (Å²) in [6.45, 7) is 3.51. The zero-order valence-corrected chi connectivity index (χ0v) is 8.31. The lowest BCUT2D eigenvalue weighted by Crippen LogP contribution is -2.23. The van der Waals surface area contributed by atoms with Gasteiger partial charge in [-0.25, -0.2) is 9.97 Å². The zero-order chi connectivity index (χ0) is 9.97. The Balaban J connectivity index is 2.09. The highest BCUT2D eigenvalue weighted by Crippen LogP contribution is 2.24. The molecule has 2 heterocycles. The lowest BCUT2D eigenvalue weighted by Gasteiger charge is -2.15. The molecule has 1 aromatic rings. The van der Waals surface area contributed by atoms with Crippen LogP contribution in [0.5, 0.6) is 0 Å². The van der Waals surface area contributed by atoms with Gasteiger partial charge in [0.05, 0.1) is 12.6 Å². The van der Waals surface area contributed by atoms with Gasteiger partial charge in [0, 0.05) is 24.9 Å². The summed E-state index contributed by atoms with van der Waals surface area (Å²) in [6.07, 6.45) is 4.62. The highest BCUT2D eigenvalue weighted by Gasteiger charge is 2.25. The Labute approximate surface area is 83.5 Å². The largest absolute Gasteiger partial charge is 0.381 e. The van der Waals surface area contributed by atoms with E-state index in [1.54, 1.807) is 12.4 Å². The van der Waals surface area contributed by atoms with Crippen LogP contribution in [0.2, 0.25) is 0 Å². The van der Waals surface area contributed by atoms with Crippen molar-refractivity contribution in [2.45, 2.75) is 19.4 Å². The third-order valence-corrected chi connectivity index (χ3v) is 2.57. The van der Waals surface area contributed by atoms with Gasteiger partial charge in [-0.3, -0.25) is 0 Å². The Hall–Kier alpha value is -1.00. The molecule has 0 aliphatic carbocycles. The third kappa shape index (κ3) is 1.91. The molecule has 1 aliphatic heterocycles. The molecule has 14 heavy (non-hydrogen) atoms. The maximum atomic E-state index is 6.05. The fourth-order valence-corrected chi connectivity index (χ4v) is 1.62. The summed E-state index contributed by atoms with van der Waals surface area (Å²) in [5.41, 5.74) is 7.10. The van der Waals surface area contributed by atoms with Crippen LogP contribution in [0.15, 0.2) is 12.4 Å². The normalized spacial score (nSPS) is 23.7. The first-order valence-corrected chi connectivity index (χ1v) is 4.89. The number of ether oxygens (including phenoxy) is 1. The summed E-state index contributed by atoms with van der Waals surface area (Å²) in [7, 11) is 0.